The molecule has 0 saturated heterocycles. The topological polar surface area (TPSA) is 142 Å². The maximum absolute atomic E-state index is 13.0. The Labute approximate surface area is 303 Å². The zero-order chi connectivity index (χ0) is 37.8. The second-order valence-corrected chi connectivity index (χ2v) is 11.8. The number of rotatable bonds is 17. The SMILES string of the molecule is COCOc1cccc(OCOC)c1C(O)c1c(OC)ccc(OC)c1-c1c(OC)ccc(C2(O)c3c(OC)cc(C)cc3C2(OC)OC)c1OC. The molecule has 0 amide bonds. The van der Waals surface area contributed by atoms with E-state index in [9.17, 15) is 10.2 Å². The summed E-state index contributed by atoms with van der Waals surface area (Å²) in [5.41, 5.74) is 1.30. The Morgan fingerprint density at radius 2 is 1.12 bits per heavy atom. The van der Waals surface area contributed by atoms with Crippen LogP contribution in [0.2, 0.25) is 0 Å². The van der Waals surface area contributed by atoms with E-state index in [0.717, 1.165) is 5.56 Å². The lowest BCUT2D eigenvalue weighted by atomic mass is 9.62. The van der Waals surface area contributed by atoms with Crippen molar-refractivity contribution in [2.75, 3.05) is 77.6 Å². The quantitative estimate of drug-likeness (QED) is 0.134. The van der Waals surface area contributed by atoms with E-state index in [4.69, 9.17) is 52.1 Å². The Hall–Kier alpha value is -4.76. The predicted molar refractivity (Wildman–Crippen MR) is 190 cm³/mol. The molecular formula is C39H46O13. The average molecular weight is 723 g/mol. The van der Waals surface area contributed by atoms with Gasteiger partial charge in [-0.25, -0.2) is 0 Å². The first kappa shape index (κ1) is 38.5. The largest absolute Gasteiger partial charge is 0.496 e. The fourth-order valence-electron chi connectivity index (χ4n) is 7.12. The van der Waals surface area contributed by atoms with E-state index >= 15 is 0 Å². The number of hydrogen-bond acceptors (Lipinski definition) is 13. The molecule has 2 N–H and O–H groups in total. The van der Waals surface area contributed by atoms with Gasteiger partial charge >= 0.3 is 0 Å². The highest BCUT2D eigenvalue weighted by molar-refractivity contribution is 5.88. The maximum Gasteiger partial charge on any atom is 0.233 e. The van der Waals surface area contributed by atoms with Crippen molar-refractivity contribution in [3.8, 4) is 51.4 Å². The van der Waals surface area contributed by atoms with Gasteiger partial charge in [-0.15, -0.1) is 0 Å². The van der Waals surface area contributed by atoms with Crippen LogP contribution in [0.1, 0.15) is 39.5 Å². The van der Waals surface area contributed by atoms with Crippen LogP contribution in [0.5, 0.6) is 40.2 Å². The zero-order valence-electron chi connectivity index (χ0n) is 31.1. The van der Waals surface area contributed by atoms with Crippen LogP contribution in [0.25, 0.3) is 11.1 Å². The van der Waals surface area contributed by atoms with Gasteiger partial charge in [0.05, 0.1) is 46.7 Å². The number of benzene rings is 4. The van der Waals surface area contributed by atoms with Crippen molar-refractivity contribution in [3.05, 3.63) is 88.0 Å². The Kier molecular flexibility index (Phi) is 11.7. The van der Waals surface area contributed by atoms with Gasteiger partial charge < -0.3 is 62.3 Å². The number of ether oxygens (including phenoxy) is 11. The number of aryl methyl sites for hydroxylation is 1. The molecule has 52 heavy (non-hydrogen) atoms. The molecule has 0 bridgehead atoms. The molecule has 1 aliphatic carbocycles. The lowest BCUT2D eigenvalue weighted by Gasteiger charge is -2.55. The van der Waals surface area contributed by atoms with Gasteiger partial charge in [-0.1, -0.05) is 6.07 Å². The van der Waals surface area contributed by atoms with Gasteiger partial charge in [-0.05, 0) is 61.0 Å². The molecule has 0 heterocycles. The summed E-state index contributed by atoms with van der Waals surface area (Å²) in [4.78, 5) is 0. The van der Waals surface area contributed by atoms with Gasteiger partial charge in [0.25, 0.3) is 0 Å². The summed E-state index contributed by atoms with van der Waals surface area (Å²) in [6.07, 6.45) is -1.48. The zero-order valence-corrected chi connectivity index (χ0v) is 31.1. The minimum atomic E-state index is -1.98. The third-order valence-corrected chi connectivity index (χ3v) is 9.26. The predicted octanol–water partition coefficient (Wildman–Crippen LogP) is 5.45. The van der Waals surface area contributed by atoms with Crippen LogP contribution in [0.15, 0.2) is 54.6 Å². The van der Waals surface area contributed by atoms with Crippen LogP contribution in [0.3, 0.4) is 0 Å². The Balaban J connectivity index is 1.90. The molecule has 4 aromatic rings. The smallest absolute Gasteiger partial charge is 0.233 e. The molecule has 2 unspecified atom stereocenters. The highest BCUT2D eigenvalue weighted by Gasteiger charge is 2.68. The molecule has 5 rings (SSSR count). The van der Waals surface area contributed by atoms with Gasteiger partial charge in [0.2, 0.25) is 5.79 Å². The molecule has 13 heteroatoms. The minimum Gasteiger partial charge on any atom is -0.496 e. The number of hydrogen-bond donors (Lipinski definition) is 2. The average Bonchev–Trinajstić information content (AvgIpc) is 3.17. The fourth-order valence-corrected chi connectivity index (χ4v) is 7.12. The van der Waals surface area contributed by atoms with Gasteiger partial charge in [0, 0.05) is 56.3 Å². The summed E-state index contributed by atoms with van der Waals surface area (Å²) in [6.45, 7) is 1.69. The van der Waals surface area contributed by atoms with Crippen molar-refractivity contribution >= 4 is 0 Å². The molecule has 0 spiro atoms. The molecule has 2 atom stereocenters. The Morgan fingerprint density at radius 3 is 1.63 bits per heavy atom. The van der Waals surface area contributed by atoms with Crippen molar-refractivity contribution in [3.63, 3.8) is 0 Å². The lowest BCUT2D eigenvalue weighted by molar-refractivity contribution is -0.328. The van der Waals surface area contributed by atoms with Crippen molar-refractivity contribution < 1.29 is 62.3 Å². The molecule has 4 aromatic carbocycles. The molecular weight excluding hydrogens is 676 g/mol. The van der Waals surface area contributed by atoms with Gasteiger partial charge in [-0.3, -0.25) is 0 Å². The highest BCUT2D eigenvalue weighted by atomic mass is 16.7. The van der Waals surface area contributed by atoms with Crippen molar-refractivity contribution in [2.45, 2.75) is 24.4 Å². The Bertz CT molecular complexity index is 1860. The van der Waals surface area contributed by atoms with Crippen molar-refractivity contribution in [1.29, 1.82) is 0 Å². The van der Waals surface area contributed by atoms with Gasteiger partial charge in [0.15, 0.2) is 19.2 Å². The first-order valence-electron chi connectivity index (χ1n) is 16.2. The number of fused-ring (bicyclic) bond motifs is 1. The summed E-state index contributed by atoms with van der Waals surface area (Å²) in [5.74, 6) is 0.383. The van der Waals surface area contributed by atoms with Gasteiger partial charge in [0.1, 0.15) is 46.4 Å². The van der Waals surface area contributed by atoms with E-state index in [1.807, 2.05) is 19.1 Å². The minimum absolute atomic E-state index is 0.108. The van der Waals surface area contributed by atoms with E-state index in [2.05, 4.69) is 0 Å². The third-order valence-electron chi connectivity index (χ3n) is 9.26. The first-order chi connectivity index (χ1) is 25.1. The fraction of sp³-hybridized carbons (Fsp3) is 0.385. The van der Waals surface area contributed by atoms with E-state index in [1.165, 1.54) is 64.0 Å². The standard InChI is InChI=1S/C39H46O13/c1-22-18-24-35(30(19-22)47-7)38(41,39(24,49-9)50-10)23-14-15-27(46-6)34(37(23)48-8)32-25(44-4)16-17-26(45-5)33(32)36(40)31-28(51-20-42-2)12-11-13-29(31)52-21-43-3/h11-19,36,40-41H,20-21H2,1-10H3. The molecule has 0 aromatic heterocycles. The molecule has 0 saturated carbocycles. The molecule has 13 nitrogen and oxygen atoms in total. The molecule has 0 aliphatic heterocycles. The van der Waals surface area contributed by atoms with Crippen LogP contribution in [-0.2, 0) is 30.3 Å². The van der Waals surface area contributed by atoms with E-state index in [-0.39, 0.29) is 53.3 Å². The molecule has 280 valence electrons. The molecule has 0 fully saturated rings. The van der Waals surface area contributed by atoms with Crippen LogP contribution in [-0.4, -0.2) is 87.8 Å². The van der Waals surface area contributed by atoms with Crippen LogP contribution in [0.4, 0.5) is 0 Å². The second kappa shape index (κ2) is 15.9. The summed E-state index contributed by atoms with van der Waals surface area (Å²) in [6, 6.07) is 15.5. The summed E-state index contributed by atoms with van der Waals surface area (Å²) in [5, 5.41) is 25.6. The van der Waals surface area contributed by atoms with Crippen LogP contribution in [0, 0.1) is 6.92 Å². The number of aliphatic hydroxyl groups excluding tert-OH is 1. The number of aliphatic hydroxyl groups is 2. The molecule has 1 aliphatic rings. The van der Waals surface area contributed by atoms with E-state index in [1.54, 1.807) is 42.5 Å². The second-order valence-electron chi connectivity index (χ2n) is 11.8. The van der Waals surface area contributed by atoms with Crippen LogP contribution >= 0.6 is 0 Å². The van der Waals surface area contributed by atoms with E-state index in [0.29, 0.717) is 39.5 Å². The summed E-state index contributed by atoms with van der Waals surface area (Å²) in [7, 11) is 13.4. The number of methoxy groups -OCH3 is 9. The molecule has 0 radical (unpaired) electrons. The van der Waals surface area contributed by atoms with E-state index < -0.39 is 17.5 Å². The first-order valence-corrected chi connectivity index (χ1v) is 16.2. The monoisotopic (exact) mass is 722 g/mol. The summed E-state index contributed by atoms with van der Waals surface area (Å²) < 4.78 is 64.0. The lowest BCUT2D eigenvalue weighted by Crippen LogP contribution is -2.61. The van der Waals surface area contributed by atoms with Crippen molar-refractivity contribution in [2.24, 2.45) is 0 Å². The normalized spacial score (nSPS) is 16.3. The van der Waals surface area contributed by atoms with Crippen molar-refractivity contribution in [1.82, 2.24) is 0 Å². The Morgan fingerprint density at radius 1 is 0.577 bits per heavy atom. The summed E-state index contributed by atoms with van der Waals surface area (Å²) >= 11 is 0. The van der Waals surface area contributed by atoms with Gasteiger partial charge in [-0.2, -0.15) is 0 Å². The highest BCUT2D eigenvalue weighted by Crippen LogP contribution is 2.65. The maximum atomic E-state index is 13.0. The van der Waals surface area contributed by atoms with Crippen LogP contribution < -0.4 is 33.2 Å². The third kappa shape index (κ3) is 5.93.